The normalized spacial score (nSPS) is 22.5. The summed E-state index contributed by atoms with van der Waals surface area (Å²) >= 11 is 0. The van der Waals surface area contributed by atoms with Gasteiger partial charge in [0.15, 0.2) is 0 Å². The fourth-order valence-corrected chi connectivity index (χ4v) is 2.53. The number of nitrogens with one attached hydrogen (secondary N) is 1. The predicted octanol–water partition coefficient (Wildman–Crippen LogP) is 3.49. The zero-order valence-corrected chi connectivity index (χ0v) is 11.5. The molecule has 1 aliphatic rings. The average Bonchev–Trinajstić information content (AvgIpc) is 2.38. The van der Waals surface area contributed by atoms with Crippen LogP contribution in [-0.2, 0) is 4.74 Å². The zero-order valence-electron chi connectivity index (χ0n) is 11.5. The van der Waals surface area contributed by atoms with Crippen molar-refractivity contribution in [3.63, 3.8) is 0 Å². The molecule has 0 amide bonds. The Morgan fingerprint density at radius 2 is 2.30 bits per heavy atom. The van der Waals surface area contributed by atoms with Gasteiger partial charge in [0.25, 0.3) is 5.69 Å². The van der Waals surface area contributed by atoms with Crippen LogP contribution in [0.2, 0.25) is 0 Å². The molecule has 1 heterocycles. The second-order valence-electron chi connectivity index (χ2n) is 5.10. The van der Waals surface area contributed by atoms with Gasteiger partial charge in [0, 0.05) is 24.4 Å². The average molecular weight is 282 g/mol. The molecular weight excluding hydrogens is 263 g/mol. The summed E-state index contributed by atoms with van der Waals surface area (Å²) in [7, 11) is 0. The molecule has 5 nitrogen and oxygen atoms in total. The summed E-state index contributed by atoms with van der Waals surface area (Å²) in [4.78, 5) is 10.1. The lowest BCUT2D eigenvalue weighted by atomic mass is 10.00. The van der Waals surface area contributed by atoms with E-state index >= 15 is 0 Å². The number of nitrogens with zero attached hydrogens (tertiary/aromatic N) is 1. The van der Waals surface area contributed by atoms with Gasteiger partial charge < -0.3 is 10.1 Å². The van der Waals surface area contributed by atoms with Crippen molar-refractivity contribution in [3.8, 4) is 0 Å². The number of nitro groups is 1. The topological polar surface area (TPSA) is 64.4 Å². The van der Waals surface area contributed by atoms with Crippen molar-refractivity contribution in [1.29, 1.82) is 0 Å². The van der Waals surface area contributed by atoms with Gasteiger partial charge in [-0.2, -0.15) is 0 Å². The van der Waals surface area contributed by atoms with Crippen LogP contribution in [0.4, 0.5) is 15.8 Å². The second-order valence-corrected chi connectivity index (χ2v) is 5.10. The van der Waals surface area contributed by atoms with Crippen LogP contribution in [0.15, 0.2) is 18.2 Å². The van der Waals surface area contributed by atoms with Crippen molar-refractivity contribution >= 4 is 11.4 Å². The molecule has 0 spiro atoms. The van der Waals surface area contributed by atoms with Crippen LogP contribution in [-0.4, -0.2) is 23.7 Å². The number of rotatable bonds is 5. The molecular formula is C14H19FN2O3. The monoisotopic (exact) mass is 282 g/mol. The first-order valence-corrected chi connectivity index (χ1v) is 6.91. The van der Waals surface area contributed by atoms with Gasteiger partial charge >= 0.3 is 0 Å². The summed E-state index contributed by atoms with van der Waals surface area (Å²) in [6, 6.07) is 3.75. The molecule has 0 aromatic heterocycles. The molecule has 1 N–H and O–H groups in total. The van der Waals surface area contributed by atoms with Crippen molar-refractivity contribution in [1.82, 2.24) is 0 Å². The quantitative estimate of drug-likeness (QED) is 0.663. The molecule has 2 atom stereocenters. The number of ether oxygens (including phenoxy) is 1. The van der Waals surface area contributed by atoms with Gasteiger partial charge in [0.05, 0.1) is 17.1 Å². The predicted molar refractivity (Wildman–Crippen MR) is 74.3 cm³/mol. The molecule has 0 saturated carbocycles. The Balaban J connectivity index is 2.03. The van der Waals surface area contributed by atoms with Gasteiger partial charge in [-0.25, -0.2) is 4.39 Å². The molecule has 20 heavy (non-hydrogen) atoms. The van der Waals surface area contributed by atoms with E-state index in [4.69, 9.17) is 4.74 Å². The minimum atomic E-state index is -0.598. The van der Waals surface area contributed by atoms with Crippen LogP contribution in [0.25, 0.3) is 0 Å². The molecule has 0 radical (unpaired) electrons. The highest BCUT2D eigenvalue weighted by Crippen LogP contribution is 2.24. The Labute approximate surface area is 117 Å². The van der Waals surface area contributed by atoms with Gasteiger partial charge in [-0.1, -0.05) is 13.3 Å². The van der Waals surface area contributed by atoms with Crippen molar-refractivity contribution in [2.24, 2.45) is 0 Å². The Bertz CT molecular complexity index is 479. The summed E-state index contributed by atoms with van der Waals surface area (Å²) in [5.41, 5.74) is 0.225. The lowest BCUT2D eigenvalue weighted by molar-refractivity contribution is -0.385. The van der Waals surface area contributed by atoms with Gasteiger partial charge in [0.2, 0.25) is 0 Å². The van der Waals surface area contributed by atoms with Crippen LogP contribution < -0.4 is 5.32 Å². The summed E-state index contributed by atoms with van der Waals surface area (Å²) in [6.45, 7) is 2.77. The van der Waals surface area contributed by atoms with Crippen LogP contribution >= 0.6 is 0 Å². The summed E-state index contributed by atoms with van der Waals surface area (Å²) < 4.78 is 19.0. The summed E-state index contributed by atoms with van der Waals surface area (Å²) in [5, 5.41) is 13.9. The number of benzene rings is 1. The minimum absolute atomic E-state index is 0.168. The smallest absolute Gasteiger partial charge is 0.274 e. The maximum atomic E-state index is 13.4. The number of hydrogen-bond acceptors (Lipinski definition) is 4. The first-order valence-electron chi connectivity index (χ1n) is 6.91. The SMILES string of the molecule is CCCC1CC(Nc2cc(F)cc([N+](=O)[O-])c2)CCO1. The molecule has 0 bridgehead atoms. The van der Waals surface area contributed by atoms with Crippen LogP contribution in [0.3, 0.4) is 0 Å². The van der Waals surface area contributed by atoms with Gasteiger partial charge in [-0.15, -0.1) is 0 Å². The molecule has 6 heteroatoms. The third kappa shape index (κ3) is 3.90. The highest BCUT2D eigenvalue weighted by molar-refractivity contribution is 5.52. The highest BCUT2D eigenvalue weighted by Gasteiger charge is 2.22. The third-order valence-electron chi connectivity index (χ3n) is 3.44. The van der Waals surface area contributed by atoms with E-state index < -0.39 is 10.7 Å². The molecule has 2 unspecified atom stereocenters. The van der Waals surface area contributed by atoms with Gasteiger partial charge in [-0.3, -0.25) is 10.1 Å². The number of halogens is 1. The molecule has 1 aromatic rings. The van der Waals surface area contributed by atoms with E-state index in [9.17, 15) is 14.5 Å². The van der Waals surface area contributed by atoms with Crippen LogP contribution in [0, 0.1) is 15.9 Å². The largest absolute Gasteiger partial charge is 0.382 e. The molecule has 1 fully saturated rings. The number of hydrogen-bond donors (Lipinski definition) is 1. The number of anilines is 1. The van der Waals surface area contributed by atoms with Gasteiger partial charge in [-0.05, 0) is 25.3 Å². The standard InChI is InChI=1S/C14H19FN2O3/c1-2-3-14-9-11(4-5-20-14)16-12-6-10(15)7-13(8-12)17(18)19/h6-8,11,14,16H,2-5,9H2,1H3. The van der Waals surface area contributed by atoms with E-state index in [1.54, 1.807) is 0 Å². The number of nitro benzene ring substituents is 1. The molecule has 110 valence electrons. The maximum absolute atomic E-state index is 13.4. The Kier molecular flexibility index (Phi) is 4.89. The maximum Gasteiger partial charge on any atom is 0.274 e. The first kappa shape index (κ1) is 14.7. The van der Waals surface area contributed by atoms with Crippen molar-refractivity contribution in [2.75, 3.05) is 11.9 Å². The lowest BCUT2D eigenvalue weighted by Gasteiger charge is -2.30. The van der Waals surface area contributed by atoms with Crippen LogP contribution in [0.5, 0.6) is 0 Å². The third-order valence-corrected chi connectivity index (χ3v) is 3.44. The summed E-state index contributed by atoms with van der Waals surface area (Å²) in [6.07, 6.45) is 3.95. The van der Waals surface area contributed by atoms with E-state index in [0.29, 0.717) is 12.3 Å². The van der Waals surface area contributed by atoms with Crippen LogP contribution in [0.1, 0.15) is 32.6 Å². The van der Waals surface area contributed by atoms with E-state index in [0.717, 1.165) is 31.7 Å². The molecule has 1 aromatic carbocycles. The summed E-state index contributed by atoms with van der Waals surface area (Å²) in [5.74, 6) is -0.598. The zero-order chi connectivity index (χ0) is 14.5. The van der Waals surface area contributed by atoms with Crippen molar-refractivity contribution in [3.05, 3.63) is 34.1 Å². The Morgan fingerprint density at radius 3 is 3.00 bits per heavy atom. The van der Waals surface area contributed by atoms with Gasteiger partial charge in [0.1, 0.15) is 5.82 Å². The fourth-order valence-electron chi connectivity index (χ4n) is 2.53. The molecule has 0 aliphatic carbocycles. The van der Waals surface area contributed by atoms with Crippen molar-refractivity contribution in [2.45, 2.75) is 44.8 Å². The highest BCUT2D eigenvalue weighted by atomic mass is 19.1. The first-order chi connectivity index (χ1) is 9.58. The molecule has 1 saturated heterocycles. The van der Waals surface area contributed by atoms with E-state index in [1.165, 1.54) is 12.1 Å². The van der Waals surface area contributed by atoms with Crippen molar-refractivity contribution < 1.29 is 14.1 Å². The molecule has 1 aliphatic heterocycles. The second kappa shape index (κ2) is 6.65. The van der Waals surface area contributed by atoms with E-state index in [1.807, 2.05) is 0 Å². The minimum Gasteiger partial charge on any atom is -0.382 e. The Hall–Kier alpha value is -1.69. The lowest BCUT2D eigenvalue weighted by Crippen LogP contribution is -2.34. The van der Waals surface area contributed by atoms with E-state index in [2.05, 4.69) is 12.2 Å². The molecule has 2 rings (SSSR count). The fraction of sp³-hybridized carbons (Fsp3) is 0.571. The van der Waals surface area contributed by atoms with E-state index in [-0.39, 0.29) is 17.8 Å². The Morgan fingerprint density at radius 1 is 1.50 bits per heavy atom. The number of non-ortho nitro benzene ring substituents is 1.